The van der Waals surface area contributed by atoms with Crippen LogP contribution >= 0.6 is 0 Å². The third kappa shape index (κ3) is 3.74. The molecule has 0 aliphatic rings. The van der Waals surface area contributed by atoms with E-state index in [0.717, 1.165) is 0 Å². The Morgan fingerprint density at radius 1 is 1.59 bits per heavy atom. The molecule has 0 spiro atoms. The molecule has 96 valence electrons. The number of hydrogen-bond acceptors (Lipinski definition) is 5. The average Bonchev–Trinajstić information content (AvgIpc) is 2.64. The van der Waals surface area contributed by atoms with Crippen molar-refractivity contribution < 1.29 is 19.1 Å². The van der Waals surface area contributed by atoms with Gasteiger partial charge in [0, 0.05) is 6.54 Å². The summed E-state index contributed by atoms with van der Waals surface area (Å²) in [6.07, 6.45) is 0.786. The molecule has 0 aliphatic heterocycles. The predicted octanol–water partition coefficient (Wildman–Crippen LogP) is 1.93. The molecule has 0 aliphatic carbocycles. The molecule has 0 atom stereocenters. The fraction of sp³-hybridized carbons (Fsp3) is 0.636. The van der Waals surface area contributed by atoms with Crippen LogP contribution in [0.4, 0.5) is 10.8 Å². The zero-order chi connectivity index (χ0) is 13.1. The number of amides is 1. The average molecular weight is 242 g/mol. The van der Waals surface area contributed by atoms with Gasteiger partial charge in [0.1, 0.15) is 17.6 Å². The largest absolute Gasteiger partial charge is 0.443 e. The van der Waals surface area contributed by atoms with Gasteiger partial charge in [0.25, 0.3) is 0 Å². The monoisotopic (exact) mass is 242 g/mol. The van der Waals surface area contributed by atoms with Gasteiger partial charge in [-0.3, -0.25) is 0 Å². The molecule has 0 aromatic carbocycles. The lowest BCUT2D eigenvalue weighted by molar-refractivity contribution is 0.0575. The SMILES string of the molecule is CCN(C(=O)OC(C)(C)C)c1nc(CO)co1. The van der Waals surface area contributed by atoms with Crippen LogP contribution in [0.15, 0.2) is 10.7 Å². The molecule has 17 heavy (non-hydrogen) atoms. The number of nitrogens with zero attached hydrogens (tertiary/aromatic N) is 2. The highest BCUT2D eigenvalue weighted by atomic mass is 16.6. The van der Waals surface area contributed by atoms with Crippen molar-refractivity contribution in [1.29, 1.82) is 0 Å². The van der Waals surface area contributed by atoms with E-state index in [9.17, 15) is 4.79 Å². The maximum atomic E-state index is 11.8. The van der Waals surface area contributed by atoms with Gasteiger partial charge in [-0.25, -0.2) is 9.69 Å². The molecule has 1 amide bonds. The Labute approximate surface area is 100 Å². The van der Waals surface area contributed by atoms with Crippen LogP contribution in [0.25, 0.3) is 0 Å². The molecule has 1 N–H and O–H groups in total. The Balaban J connectivity index is 2.80. The van der Waals surface area contributed by atoms with E-state index in [1.165, 1.54) is 11.2 Å². The standard InChI is InChI=1S/C11H18N2O4/c1-5-13(10(15)17-11(2,3)4)9-12-8(6-14)7-16-9/h7,14H,5-6H2,1-4H3. The maximum Gasteiger partial charge on any atom is 0.418 e. The minimum Gasteiger partial charge on any atom is -0.443 e. The number of aliphatic hydroxyl groups excluding tert-OH is 1. The molecular formula is C11H18N2O4. The Hall–Kier alpha value is -1.56. The second-order valence-corrected chi connectivity index (χ2v) is 4.50. The van der Waals surface area contributed by atoms with E-state index >= 15 is 0 Å². The van der Waals surface area contributed by atoms with Gasteiger partial charge < -0.3 is 14.3 Å². The van der Waals surface area contributed by atoms with E-state index in [1.807, 2.05) is 0 Å². The van der Waals surface area contributed by atoms with E-state index in [-0.39, 0.29) is 12.6 Å². The summed E-state index contributed by atoms with van der Waals surface area (Å²) < 4.78 is 10.3. The highest BCUT2D eigenvalue weighted by Gasteiger charge is 2.25. The summed E-state index contributed by atoms with van der Waals surface area (Å²) in [4.78, 5) is 17.1. The van der Waals surface area contributed by atoms with E-state index in [1.54, 1.807) is 27.7 Å². The molecule has 0 unspecified atom stereocenters. The highest BCUT2D eigenvalue weighted by Crippen LogP contribution is 2.17. The number of oxazole rings is 1. The lowest BCUT2D eigenvalue weighted by atomic mass is 10.2. The van der Waals surface area contributed by atoms with Crippen molar-refractivity contribution in [2.24, 2.45) is 0 Å². The topological polar surface area (TPSA) is 75.8 Å². The third-order valence-electron chi connectivity index (χ3n) is 1.86. The molecule has 0 saturated carbocycles. The summed E-state index contributed by atoms with van der Waals surface area (Å²) in [6, 6.07) is 0.130. The van der Waals surface area contributed by atoms with Gasteiger partial charge in [-0.15, -0.1) is 0 Å². The molecule has 0 bridgehead atoms. The Morgan fingerprint density at radius 3 is 2.65 bits per heavy atom. The Bertz CT molecular complexity index is 381. The van der Waals surface area contributed by atoms with E-state index < -0.39 is 11.7 Å². The van der Waals surface area contributed by atoms with E-state index in [4.69, 9.17) is 14.3 Å². The molecule has 6 nitrogen and oxygen atoms in total. The molecule has 0 radical (unpaired) electrons. The molecular weight excluding hydrogens is 224 g/mol. The zero-order valence-corrected chi connectivity index (χ0v) is 10.6. The number of aromatic nitrogens is 1. The van der Waals surface area contributed by atoms with Crippen LogP contribution in [0.2, 0.25) is 0 Å². The quantitative estimate of drug-likeness (QED) is 0.876. The van der Waals surface area contributed by atoms with E-state index in [2.05, 4.69) is 4.98 Å². The van der Waals surface area contributed by atoms with Gasteiger partial charge in [-0.1, -0.05) is 0 Å². The second kappa shape index (κ2) is 5.18. The molecule has 0 fully saturated rings. The van der Waals surface area contributed by atoms with Crippen molar-refractivity contribution in [2.45, 2.75) is 39.9 Å². The number of ether oxygens (including phenoxy) is 1. The van der Waals surface area contributed by atoms with Crippen molar-refractivity contribution >= 4 is 12.1 Å². The number of rotatable bonds is 3. The van der Waals surface area contributed by atoms with Gasteiger partial charge in [0.15, 0.2) is 0 Å². The van der Waals surface area contributed by atoms with Gasteiger partial charge in [-0.2, -0.15) is 4.98 Å². The van der Waals surface area contributed by atoms with Crippen molar-refractivity contribution in [2.75, 3.05) is 11.4 Å². The van der Waals surface area contributed by atoms with Gasteiger partial charge in [0.2, 0.25) is 0 Å². The zero-order valence-electron chi connectivity index (χ0n) is 10.6. The molecule has 6 heteroatoms. The number of aliphatic hydroxyl groups is 1. The number of hydrogen-bond donors (Lipinski definition) is 1. The smallest absolute Gasteiger partial charge is 0.418 e. The second-order valence-electron chi connectivity index (χ2n) is 4.50. The molecule has 1 rings (SSSR count). The van der Waals surface area contributed by atoms with Gasteiger partial charge in [0.05, 0.1) is 6.61 Å². The summed E-state index contributed by atoms with van der Waals surface area (Å²) in [5.74, 6) is 0. The van der Waals surface area contributed by atoms with Crippen LogP contribution in [0.3, 0.4) is 0 Å². The van der Waals surface area contributed by atoms with Crippen LogP contribution in [-0.2, 0) is 11.3 Å². The van der Waals surface area contributed by atoms with E-state index in [0.29, 0.717) is 12.2 Å². The van der Waals surface area contributed by atoms with Crippen molar-refractivity contribution in [3.05, 3.63) is 12.0 Å². The summed E-state index contributed by atoms with van der Waals surface area (Å²) in [7, 11) is 0. The summed E-state index contributed by atoms with van der Waals surface area (Å²) >= 11 is 0. The number of carbonyl (C=O) groups excluding carboxylic acids is 1. The lowest BCUT2D eigenvalue weighted by Gasteiger charge is -2.24. The van der Waals surface area contributed by atoms with Crippen LogP contribution in [0.1, 0.15) is 33.4 Å². The number of carbonyl (C=O) groups is 1. The summed E-state index contributed by atoms with van der Waals surface area (Å²) in [5, 5.41) is 8.87. The molecule has 1 aromatic heterocycles. The first-order chi connectivity index (χ1) is 7.87. The van der Waals surface area contributed by atoms with Crippen molar-refractivity contribution in [1.82, 2.24) is 4.98 Å². The fourth-order valence-electron chi connectivity index (χ4n) is 1.15. The predicted molar refractivity (Wildman–Crippen MR) is 61.7 cm³/mol. The van der Waals surface area contributed by atoms with Crippen molar-refractivity contribution in [3.63, 3.8) is 0 Å². The minimum absolute atomic E-state index is 0.130. The molecule has 1 heterocycles. The lowest BCUT2D eigenvalue weighted by Crippen LogP contribution is -2.36. The Kier molecular flexibility index (Phi) is 4.11. The van der Waals surface area contributed by atoms with Gasteiger partial charge >= 0.3 is 12.1 Å². The first-order valence-corrected chi connectivity index (χ1v) is 5.43. The van der Waals surface area contributed by atoms with Crippen LogP contribution in [0, 0.1) is 0 Å². The first kappa shape index (κ1) is 13.5. The fourth-order valence-corrected chi connectivity index (χ4v) is 1.15. The third-order valence-corrected chi connectivity index (χ3v) is 1.86. The normalized spacial score (nSPS) is 11.4. The highest BCUT2D eigenvalue weighted by molar-refractivity contribution is 5.85. The maximum absolute atomic E-state index is 11.8. The number of anilines is 1. The van der Waals surface area contributed by atoms with Crippen LogP contribution in [0.5, 0.6) is 0 Å². The van der Waals surface area contributed by atoms with Gasteiger partial charge in [-0.05, 0) is 27.7 Å². The summed E-state index contributed by atoms with van der Waals surface area (Å²) in [5.41, 5.74) is -0.196. The molecule has 0 saturated heterocycles. The van der Waals surface area contributed by atoms with Crippen LogP contribution < -0.4 is 4.90 Å². The summed E-state index contributed by atoms with van der Waals surface area (Å²) in [6.45, 7) is 7.29. The minimum atomic E-state index is -0.573. The Morgan fingerprint density at radius 2 is 2.24 bits per heavy atom. The van der Waals surface area contributed by atoms with Crippen LogP contribution in [-0.4, -0.2) is 28.3 Å². The molecule has 1 aromatic rings. The first-order valence-electron chi connectivity index (χ1n) is 5.43. The van der Waals surface area contributed by atoms with Crippen molar-refractivity contribution in [3.8, 4) is 0 Å².